The molecule has 1 saturated heterocycles. The first-order valence-electron chi connectivity index (χ1n) is 6.61. The Morgan fingerprint density at radius 1 is 1.25 bits per heavy atom. The van der Waals surface area contributed by atoms with E-state index in [4.69, 9.17) is 23.2 Å². The van der Waals surface area contributed by atoms with Crippen LogP contribution in [0.25, 0.3) is 0 Å². The smallest absolute Gasteiger partial charge is 0.237 e. The molecule has 1 atom stereocenters. The highest BCUT2D eigenvalue weighted by Gasteiger charge is 2.19. The van der Waals surface area contributed by atoms with Gasteiger partial charge in [-0.2, -0.15) is 0 Å². The molecule has 1 aliphatic rings. The highest BCUT2D eigenvalue weighted by Crippen LogP contribution is 2.19. The number of rotatable bonds is 4. The summed E-state index contributed by atoms with van der Waals surface area (Å²) in [5.41, 5.74) is 1.04. The van der Waals surface area contributed by atoms with Crippen LogP contribution in [0.4, 0.5) is 0 Å². The van der Waals surface area contributed by atoms with Crippen molar-refractivity contribution in [3.05, 3.63) is 33.8 Å². The molecule has 112 valence electrons. The van der Waals surface area contributed by atoms with Gasteiger partial charge in [0.05, 0.1) is 6.04 Å². The van der Waals surface area contributed by atoms with Crippen LogP contribution >= 0.6 is 35.6 Å². The number of hydrogen-bond acceptors (Lipinski definition) is 2. The van der Waals surface area contributed by atoms with Crippen molar-refractivity contribution < 1.29 is 4.79 Å². The molecule has 1 amide bonds. The second-order valence-corrected chi connectivity index (χ2v) is 5.69. The molecular formula is C14H19Cl3N2O. The van der Waals surface area contributed by atoms with Crippen molar-refractivity contribution in [3.63, 3.8) is 0 Å². The van der Waals surface area contributed by atoms with Gasteiger partial charge in [0.15, 0.2) is 0 Å². The van der Waals surface area contributed by atoms with Crippen LogP contribution in [0.2, 0.25) is 10.0 Å². The van der Waals surface area contributed by atoms with E-state index in [1.165, 1.54) is 0 Å². The lowest BCUT2D eigenvalue weighted by molar-refractivity contribution is -0.123. The Morgan fingerprint density at radius 2 is 1.95 bits per heavy atom. The SMILES string of the molecule is Cl.O=C(NCCc1cc(Cl)cc(Cl)c1)C1CCCCN1. The van der Waals surface area contributed by atoms with Gasteiger partial charge in [-0.1, -0.05) is 29.6 Å². The summed E-state index contributed by atoms with van der Waals surface area (Å²) >= 11 is 11.9. The van der Waals surface area contributed by atoms with Gasteiger partial charge in [-0.25, -0.2) is 0 Å². The van der Waals surface area contributed by atoms with E-state index in [1.54, 1.807) is 6.07 Å². The van der Waals surface area contributed by atoms with Gasteiger partial charge in [0.1, 0.15) is 0 Å². The molecule has 0 spiro atoms. The molecule has 2 rings (SSSR count). The fourth-order valence-corrected chi connectivity index (χ4v) is 2.86. The van der Waals surface area contributed by atoms with Crippen LogP contribution < -0.4 is 10.6 Å². The van der Waals surface area contributed by atoms with Crippen LogP contribution in [0.5, 0.6) is 0 Å². The summed E-state index contributed by atoms with van der Waals surface area (Å²) in [7, 11) is 0. The Bertz CT molecular complexity index is 428. The predicted molar refractivity (Wildman–Crippen MR) is 86.1 cm³/mol. The maximum absolute atomic E-state index is 11.9. The third-order valence-electron chi connectivity index (χ3n) is 3.26. The first kappa shape index (κ1) is 17.6. The molecule has 0 aliphatic carbocycles. The van der Waals surface area contributed by atoms with E-state index in [0.717, 1.165) is 37.8 Å². The lowest BCUT2D eigenvalue weighted by Crippen LogP contribution is -2.47. The third kappa shape index (κ3) is 5.49. The van der Waals surface area contributed by atoms with E-state index in [2.05, 4.69) is 10.6 Å². The van der Waals surface area contributed by atoms with Crippen LogP contribution in [-0.2, 0) is 11.2 Å². The third-order valence-corrected chi connectivity index (χ3v) is 3.70. The molecule has 1 heterocycles. The van der Waals surface area contributed by atoms with E-state index in [1.807, 2.05) is 12.1 Å². The van der Waals surface area contributed by atoms with Crippen LogP contribution in [0, 0.1) is 0 Å². The van der Waals surface area contributed by atoms with Gasteiger partial charge in [-0.05, 0) is 49.6 Å². The number of halogens is 3. The molecule has 0 saturated carbocycles. The summed E-state index contributed by atoms with van der Waals surface area (Å²) in [5.74, 6) is 0.0906. The van der Waals surface area contributed by atoms with Gasteiger partial charge in [0.2, 0.25) is 5.91 Å². The fourth-order valence-electron chi connectivity index (χ4n) is 2.28. The molecule has 20 heavy (non-hydrogen) atoms. The summed E-state index contributed by atoms with van der Waals surface area (Å²) in [6.07, 6.45) is 3.94. The van der Waals surface area contributed by atoms with Gasteiger partial charge in [-0.3, -0.25) is 4.79 Å². The molecule has 0 bridgehead atoms. The Kier molecular flexibility index (Phi) is 7.67. The predicted octanol–water partition coefficient (Wildman–Crippen LogP) is 3.22. The molecule has 1 fully saturated rings. The summed E-state index contributed by atoms with van der Waals surface area (Å²) in [4.78, 5) is 11.9. The second-order valence-electron chi connectivity index (χ2n) is 4.82. The number of benzene rings is 1. The minimum atomic E-state index is -0.0308. The average Bonchev–Trinajstić information content (AvgIpc) is 2.38. The largest absolute Gasteiger partial charge is 0.354 e. The van der Waals surface area contributed by atoms with Crippen molar-refractivity contribution in [2.75, 3.05) is 13.1 Å². The number of carbonyl (C=O) groups is 1. The van der Waals surface area contributed by atoms with Gasteiger partial charge in [-0.15, -0.1) is 12.4 Å². The van der Waals surface area contributed by atoms with E-state index >= 15 is 0 Å². The second kappa shape index (κ2) is 8.73. The van der Waals surface area contributed by atoms with E-state index in [-0.39, 0.29) is 24.4 Å². The zero-order valence-corrected chi connectivity index (χ0v) is 13.5. The molecule has 0 radical (unpaired) electrons. The molecule has 0 aromatic heterocycles. The average molecular weight is 338 g/mol. The van der Waals surface area contributed by atoms with Crippen molar-refractivity contribution >= 4 is 41.5 Å². The van der Waals surface area contributed by atoms with E-state index in [0.29, 0.717) is 16.6 Å². The molecule has 1 aromatic rings. The normalized spacial score (nSPS) is 18.2. The number of nitrogens with one attached hydrogen (secondary N) is 2. The maximum atomic E-state index is 11.9. The molecule has 1 unspecified atom stereocenters. The number of hydrogen-bond donors (Lipinski definition) is 2. The van der Waals surface area contributed by atoms with Crippen molar-refractivity contribution in [3.8, 4) is 0 Å². The van der Waals surface area contributed by atoms with Gasteiger partial charge < -0.3 is 10.6 Å². The van der Waals surface area contributed by atoms with Gasteiger partial charge >= 0.3 is 0 Å². The molecular weight excluding hydrogens is 319 g/mol. The standard InChI is InChI=1S/C14H18Cl2N2O.ClH/c15-11-7-10(8-12(16)9-11)4-6-18-14(19)13-3-1-2-5-17-13;/h7-9,13,17H,1-6H2,(H,18,19);1H. The van der Waals surface area contributed by atoms with Crippen molar-refractivity contribution in [1.29, 1.82) is 0 Å². The van der Waals surface area contributed by atoms with Crippen molar-refractivity contribution in [1.82, 2.24) is 10.6 Å². The first-order chi connectivity index (χ1) is 9.15. The van der Waals surface area contributed by atoms with Gasteiger partial charge in [0.25, 0.3) is 0 Å². The number of carbonyl (C=O) groups excluding carboxylic acids is 1. The highest BCUT2D eigenvalue weighted by atomic mass is 35.5. The summed E-state index contributed by atoms with van der Waals surface area (Å²) in [6, 6.07) is 5.42. The highest BCUT2D eigenvalue weighted by molar-refractivity contribution is 6.34. The van der Waals surface area contributed by atoms with E-state index < -0.39 is 0 Å². The lowest BCUT2D eigenvalue weighted by Gasteiger charge is -2.22. The zero-order chi connectivity index (χ0) is 13.7. The number of amides is 1. The summed E-state index contributed by atoms with van der Waals surface area (Å²) in [6.45, 7) is 1.54. The number of piperidine rings is 1. The Labute approximate surface area is 135 Å². The van der Waals surface area contributed by atoms with Crippen LogP contribution in [0.15, 0.2) is 18.2 Å². The van der Waals surface area contributed by atoms with Crippen molar-refractivity contribution in [2.45, 2.75) is 31.7 Å². The maximum Gasteiger partial charge on any atom is 0.237 e. The molecule has 3 nitrogen and oxygen atoms in total. The van der Waals surface area contributed by atoms with Crippen LogP contribution in [0.1, 0.15) is 24.8 Å². The summed E-state index contributed by atoms with van der Waals surface area (Å²) in [5, 5.41) is 7.44. The summed E-state index contributed by atoms with van der Waals surface area (Å²) < 4.78 is 0. The molecule has 2 N–H and O–H groups in total. The fraction of sp³-hybridized carbons (Fsp3) is 0.500. The minimum absolute atomic E-state index is 0. The lowest BCUT2D eigenvalue weighted by atomic mass is 10.0. The topological polar surface area (TPSA) is 41.1 Å². The van der Waals surface area contributed by atoms with Crippen LogP contribution in [-0.4, -0.2) is 25.0 Å². The molecule has 1 aliphatic heterocycles. The zero-order valence-electron chi connectivity index (χ0n) is 11.1. The van der Waals surface area contributed by atoms with Gasteiger partial charge in [0, 0.05) is 16.6 Å². The Hall–Kier alpha value is -0.480. The Balaban J connectivity index is 0.00000200. The minimum Gasteiger partial charge on any atom is -0.354 e. The molecule has 6 heteroatoms. The van der Waals surface area contributed by atoms with E-state index in [9.17, 15) is 4.79 Å². The van der Waals surface area contributed by atoms with Crippen LogP contribution in [0.3, 0.4) is 0 Å². The quantitative estimate of drug-likeness (QED) is 0.886. The Morgan fingerprint density at radius 3 is 2.55 bits per heavy atom. The monoisotopic (exact) mass is 336 g/mol. The first-order valence-corrected chi connectivity index (χ1v) is 7.37. The molecule has 1 aromatic carbocycles. The van der Waals surface area contributed by atoms with Crippen molar-refractivity contribution in [2.24, 2.45) is 0 Å².